The van der Waals surface area contributed by atoms with Crippen LogP contribution in [-0.4, -0.2) is 33.1 Å². The lowest BCUT2D eigenvalue weighted by Crippen LogP contribution is -1.98. The summed E-state index contributed by atoms with van der Waals surface area (Å²) in [5, 5.41) is 8.50. The van der Waals surface area contributed by atoms with Gasteiger partial charge in [0.25, 0.3) is 0 Å². The molecule has 0 radical (unpaired) electrons. The predicted molar refractivity (Wildman–Crippen MR) is 51.5 cm³/mol. The normalized spacial score (nSPS) is 11.5. The first-order valence-electron chi connectivity index (χ1n) is 4.71. The first kappa shape index (κ1) is 12.1. The highest BCUT2D eigenvalue weighted by Gasteiger charge is 1.90. The molecule has 0 saturated heterocycles. The van der Waals surface area contributed by atoms with Gasteiger partial charge in [-0.05, 0) is 12.8 Å². The van der Waals surface area contributed by atoms with Gasteiger partial charge in [0.05, 0.1) is 0 Å². The van der Waals surface area contributed by atoms with Crippen molar-refractivity contribution in [3.8, 4) is 0 Å². The Morgan fingerprint density at radius 2 is 1.50 bits per heavy atom. The summed E-state index contributed by atoms with van der Waals surface area (Å²) in [6.07, 6.45) is 6.73. The second kappa shape index (κ2) is 11.1. The van der Waals surface area contributed by atoms with E-state index in [1.54, 1.807) is 0 Å². The van der Waals surface area contributed by atoms with Crippen LogP contribution in [0.4, 0.5) is 0 Å². The average Bonchev–Trinajstić information content (AvgIpc) is 2.10. The van der Waals surface area contributed by atoms with Gasteiger partial charge in [-0.2, -0.15) is 0 Å². The summed E-state index contributed by atoms with van der Waals surface area (Å²) in [7, 11) is -1.17. The van der Waals surface area contributed by atoms with E-state index in [1.165, 1.54) is 19.3 Å². The Hall–Kier alpha value is 0.0969. The SMILES string of the molecule is OCCCCCCCCO[SiH2]O. The average molecular weight is 192 g/mol. The highest BCUT2D eigenvalue weighted by molar-refractivity contribution is 6.15. The number of rotatable bonds is 9. The fourth-order valence-electron chi connectivity index (χ4n) is 1.09. The minimum Gasteiger partial charge on any atom is -0.415 e. The van der Waals surface area contributed by atoms with Crippen LogP contribution in [0.2, 0.25) is 0 Å². The molecule has 0 spiro atoms. The Bertz CT molecular complexity index is 70.7. The van der Waals surface area contributed by atoms with Gasteiger partial charge in [0.15, 0.2) is 0 Å². The molecular weight excluding hydrogens is 172 g/mol. The molecule has 0 aromatic carbocycles. The molecule has 0 saturated carbocycles. The van der Waals surface area contributed by atoms with E-state index in [1.807, 2.05) is 0 Å². The van der Waals surface area contributed by atoms with Crippen LogP contribution in [0.1, 0.15) is 38.5 Å². The van der Waals surface area contributed by atoms with E-state index in [0.717, 1.165) is 25.9 Å². The Kier molecular flexibility index (Phi) is 11.2. The molecule has 0 atom stereocenters. The molecular formula is C8H20O3Si. The number of unbranched alkanes of at least 4 members (excludes halogenated alkanes) is 5. The van der Waals surface area contributed by atoms with Gasteiger partial charge in [-0.15, -0.1) is 0 Å². The molecule has 0 fully saturated rings. The molecule has 2 N–H and O–H groups in total. The maximum atomic E-state index is 8.50. The molecule has 0 aliphatic carbocycles. The van der Waals surface area contributed by atoms with Crippen LogP contribution in [-0.2, 0) is 4.43 Å². The number of hydrogen-bond acceptors (Lipinski definition) is 3. The highest BCUT2D eigenvalue weighted by Crippen LogP contribution is 2.04. The van der Waals surface area contributed by atoms with Crippen molar-refractivity contribution in [3.05, 3.63) is 0 Å². The Balaban J connectivity index is 2.73. The van der Waals surface area contributed by atoms with Crippen LogP contribution in [0.5, 0.6) is 0 Å². The second-order valence-electron chi connectivity index (χ2n) is 2.88. The predicted octanol–water partition coefficient (Wildman–Crippen LogP) is 0.327. The topological polar surface area (TPSA) is 49.7 Å². The standard InChI is InChI=1S/C8H20O3Si/c9-7-5-3-1-2-4-6-8-11-12-10/h9-10H,1-8,12H2. The van der Waals surface area contributed by atoms with Gasteiger partial charge in [0.1, 0.15) is 0 Å². The molecule has 0 aromatic rings. The zero-order valence-electron chi connectivity index (χ0n) is 7.67. The molecule has 3 nitrogen and oxygen atoms in total. The largest absolute Gasteiger partial charge is 0.415 e. The summed E-state index contributed by atoms with van der Waals surface area (Å²) >= 11 is 0. The molecule has 74 valence electrons. The van der Waals surface area contributed by atoms with Gasteiger partial charge in [0, 0.05) is 13.2 Å². The Morgan fingerprint density at radius 1 is 0.917 bits per heavy atom. The number of aliphatic hydroxyl groups is 1. The van der Waals surface area contributed by atoms with Crippen molar-refractivity contribution in [2.75, 3.05) is 13.2 Å². The molecule has 0 rings (SSSR count). The summed E-state index contributed by atoms with van der Waals surface area (Å²) < 4.78 is 4.92. The van der Waals surface area contributed by atoms with Crippen molar-refractivity contribution in [1.29, 1.82) is 0 Å². The fourth-order valence-corrected chi connectivity index (χ4v) is 1.42. The number of hydrogen-bond donors (Lipinski definition) is 2. The number of aliphatic hydroxyl groups excluding tert-OH is 1. The molecule has 0 aliphatic rings. The zero-order chi connectivity index (χ0) is 9.07. The molecule has 0 heterocycles. The molecule has 4 heteroatoms. The quantitative estimate of drug-likeness (QED) is 0.409. The highest BCUT2D eigenvalue weighted by atomic mass is 28.2. The van der Waals surface area contributed by atoms with Crippen molar-refractivity contribution in [1.82, 2.24) is 0 Å². The smallest absolute Gasteiger partial charge is 0.301 e. The van der Waals surface area contributed by atoms with Crippen molar-refractivity contribution in [2.24, 2.45) is 0 Å². The van der Waals surface area contributed by atoms with Crippen LogP contribution in [0.25, 0.3) is 0 Å². The summed E-state index contributed by atoms with van der Waals surface area (Å²) in [5.74, 6) is 0. The summed E-state index contributed by atoms with van der Waals surface area (Å²) in [6, 6.07) is 0. The van der Waals surface area contributed by atoms with Gasteiger partial charge < -0.3 is 14.3 Å². The Morgan fingerprint density at radius 3 is 2.08 bits per heavy atom. The van der Waals surface area contributed by atoms with Crippen molar-refractivity contribution in [3.63, 3.8) is 0 Å². The van der Waals surface area contributed by atoms with Gasteiger partial charge in [-0.3, -0.25) is 0 Å². The Labute approximate surface area is 76.8 Å². The van der Waals surface area contributed by atoms with Crippen molar-refractivity contribution in [2.45, 2.75) is 38.5 Å². The van der Waals surface area contributed by atoms with Crippen LogP contribution < -0.4 is 0 Å². The van der Waals surface area contributed by atoms with E-state index >= 15 is 0 Å². The van der Waals surface area contributed by atoms with Crippen LogP contribution >= 0.6 is 0 Å². The summed E-state index contributed by atoms with van der Waals surface area (Å²) in [6.45, 7) is 1.04. The molecule has 0 aliphatic heterocycles. The lowest BCUT2D eigenvalue weighted by Gasteiger charge is -2.00. The maximum absolute atomic E-state index is 8.50. The van der Waals surface area contributed by atoms with E-state index in [-0.39, 0.29) is 0 Å². The van der Waals surface area contributed by atoms with Gasteiger partial charge in [0.2, 0.25) is 0 Å². The fraction of sp³-hybridized carbons (Fsp3) is 1.00. The van der Waals surface area contributed by atoms with E-state index in [4.69, 9.17) is 14.3 Å². The van der Waals surface area contributed by atoms with Gasteiger partial charge >= 0.3 is 10.0 Å². The van der Waals surface area contributed by atoms with Crippen LogP contribution in [0.3, 0.4) is 0 Å². The second-order valence-corrected chi connectivity index (χ2v) is 3.55. The lowest BCUT2D eigenvalue weighted by molar-refractivity contribution is 0.271. The van der Waals surface area contributed by atoms with Crippen LogP contribution in [0.15, 0.2) is 0 Å². The first-order chi connectivity index (χ1) is 5.91. The monoisotopic (exact) mass is 192 g/mol. The van der Waals surface area contributed by atoms with Crippen molar-refractivity contribution >= 4 is 10.0 Å². The third-order valence-electron chi connectivity index (χ3n) is 1.79. The van der Waals surface area contributed by atoms with E-state index < -0.39 is 10.0 Å². The van der Waals surface area contributed by atoms with E-state index in [2.05, 4.69) is 0 Å². The van der Waals surface area contributed by atoms with E-state index in [9.17, 15) is 0 Å². The summed E-state index contributed by atoms with van der Waals surface area (Å²) in [4.78, 5) is 8.43. The third-order valence-corrected chi connectivity index (χ3v) is 2.26. The zero-order valence-corrected chi connectivity index (χ0v) is 9.08. The minimum atomic E-state index is -1.17. The van der Waals surface area contributed by atoms with Crippen molar-refractivity contribution < 1.29 is 14.3 Å². The van der Waals surface area contributed by atoms with Gasteiger partial charge in [-0.1, -0.05) is 25.7 Å². The lowest BCUT2D eigenvalue weighted by atomic mass is 10.1. The maximum Gasteiger partial charge on any atom is 0.301 e. The molecule has 0 bridgehead atoms. The molecule has 0 amide bonds. The third kappa shape index (κ3) is 10.1. The molecule has 0 aromatic heterocycles. The summed E-state index contributed by atoms with van der Waals surface area (Å²) in [5.41, 5.74) is 0. The molecule has 12 heavy (non-hydrogen) atoms. The van der Waals surface area contributed by atoms with E-state index in [0.29, 0.717) is 6.61 Å². The molecule has 0 unspecified atom stereocenters. The van der Waals surface area contributed by atoms with Gasteiger partial charge in [-0.25, -0.2) is 0 Å². The van der Waals surface area contributed by atoms with Crippen LogP contribution in [0, 0.1) is 0 Å². The first-order valence-corrected chi connectivity index (χ1v) is 5.92. The minimum absolute atomic E-state index is 0.319.